The number of aromatic nitrogens is 1. The summed E-state index contributed by atoms with van der Waals surface area (Å²) in [7, 11) is 2.01. The van der Waals surface area contributed by atoms with Crippen molar-refractivity contribution in [2.24, 2.45) is 5.73 Å². The average molecular weight is 288 g/mol. The van der Waals surface area contributed by atoms with Gasteiger partial charge in [-0.25, -0.2) is 4.98 Å². The fraction of sp³-hybridized carbons (Fsp3) is 0.625. The second-order valence-corrected chi connectivity index (χ2v) is 6.48. The molecule has 2 heterocycles. The normalized spacial score (nSPS) is 20.4. The second-order valence-electron chi connectivity index (χ2n) is 6.48. The van der Waals surface area contributed by atoms with E-state index in [1.807, 2.05) is 13.1 Å². The molecule has 1 amide bonds. The van der Waals surface area contributed by atoms with E-state index in [4.69, 9.17) is 10.7 Å². The Morgan fingerprint density at radius 2 is 2.10 bits per heavy atom. The molecule has 0 aromatic carbocycles. The molecule has 1 aliphatic carbocycles. The van der Waals surface area contributed by atoms with Crippen LogP contribution in [0, 0.1) is 0 Å². The Labute approximate surface area is 125 Å². The number of primary amides is 1. The summed E-state index contributed by atoms with van der Waals surface area (Å²) in [6.45, 7) is 4.06. The van der Waals surface area contributed by atoms with Gasteiger partial charge < -0.3 is 16.0 Å². The molecule has 5 nitrogen and oxygen atoms in total. The smallest absolute Gasteiger partial charge is 0.252 e. The highest BCUT2D eigenvalue weighted by Crippen LogP contribution is 2.30. The average Bonchev–Trinajstić information content (AvgIpc) is 2.94. The topological polar surface area (TPSA) is 71.2 Å². The van der Waals surface area contributed by atoms with Gasteiger partial charge in [0, 0.05) is 24.3 Å². The third-order valence-corrected chi connectivity index (χ3v) is 5.07. The molecular formula is C16H24N4O. The molecule has 21 heavy (non-hydrogen) atoms. The minimum atomic E-state index is -0.367. The number of anilines is 1. The van der Waals surface area contributed by atoms with Gasteiger partial charge in [-0.15, -0.1) is 0 Å². The number of nitrogens with one attached hydrogen (secondary N) is 1. The maximum Gasteiger partial charge on any atom is 0.252 e. The first-order valence-electron chi connectivity index (χ1n) is 7.79. The predicted octanol–water partition coefficient (Wildman–Crippen LogP) is 1.25. The molecule has 1 aromatic heterocycles. The van der Waals surface area contributed by atoms with Crippen molar-refractivity contribution in [3.05, 3.63) is 22.9 Å². The monoisotopic (exact) mass is 288 g/mol. The summed E-state index contributed by atoms with van der Waals surface area (Å²) in [4.78, 5) is 18.8. The van der Waals surface area contributed by atoms with Crippen molar-refractivity contribution >= 4 is 11.7 Å². The van der Waals surface area contributed by atoms with Crippen LogP contribution in [0.3, 0.4) is 0 Å². The van der Waals surface area contributed by atoms with Crippen LogP contribution in [0.25, 0.3) is 0 Å². The molecule has 1 fully saturated rings. The molecule has 3 N–H and O–H groups in total. The lowest BCUT2D eigenvalue weighted by molar-refractivity contribution is 0.1000. The lowest BCUT2D eigenvalue weighted by Gasteiger charge is -2.40. The Hall–Kier alpha value is -1.62. The van der Waals surface area contributed by atoms with Gasteiger partial charge in [0.15, 0.2) is 0 Å². The molecule has 0 radical (unpaired) electrons. The van der Waals surface area contributed by atoms with E-state index in [1.165, 1.54) is 5.56 Å². The summed E-state index contributed by atoms with van der Waals surface area (Å²) >= 11 is 0. The van der Waals surface area contributed by atoms with Crippen molar-refractivity contribution in [3.8, 4) is 0 Å². The first kappa shape index (κ1) is 14.3. The fourth-order valence-corrected chi connectivity index (χ4v) is 3.35. The maximum atomic E-state index is 11.8. The van der Waals surface area contributed by atoms with Crippen LogP contribution in [-0.4, -0.2) is 36.6 Å². The molecule has 1 aromatic rings. The van der Waals surface area contributed by atoms with Crippen LogP contribution in [0.2, 0.25) is 0 Å². The minimum Gasteiger partial charge on any atom is -0.365 e. The predicted molar refractivity (Wildman–Crippen MR) is 83.7 cm³/mol. The largest absolute Gasteiger partial charge is 0.365 e. The van der Waals surface area contributed by atoms with Crippen molar-refractivity contribution in [1.29, 1.82) is 0 Å². The third kappa shape index (κ3) is 2.62. The third-order valence-electron chi connectivity index (χ3n) is 5.07. The van der Waals surface area contributed by atoms with Crippen LogP contribution in [-0.2, 0) is 12.8 Å². The molecule has 0 atom stereocenters. The highest BCUT2D eigenvalue weighted by atomic mass is 16.1. The van der Waals surface area contributed by atoms with Gasteiger partial charge in [-0.1, -0.05) is 0 Å². The first-order valence-corrected chi connectivity index (χ1v) is 7.79. The van der Waals surface area contributed by atoms with E-state index in [9.17, 15) is 4.79 Å². The Morgan fingerprint density at radius 3 is 2.71 bits per heavy atom. The van der Waals surface area contributed by atoms with Crippen molar-refractivity contribution in [3.63, 3.8) is 0 Å². The number of nitrogens with zero attached hydrogens (tertiary/aromatic N) is 2. The number of pyridine rings is 1. The lowest BCUT2D eigenvalue weighted by atomic mass is 9.89. The van der Waals surface area contributed by atoms with Gasteiger partial charge in [-0.3, -0.25) is 4.79 Å². The molecule has 0 saturated carbocycles. The number of carbonyl (C=O) groups excluding carboxylic acids is 1. The Morgan fingerprint density at radius 1 is 1.38 bits per heavy atom. The molecule has 3 rings (SSSR count). The number of piperidine rings is 1. The summed E-state index contributed by atoms with van der Waals surface area (Å²) in [5.41, 5.74) is 8.69. The van der Waals surface area contributed by atoms with Crippen LogP contribution in [0.4, 0.5) is 5.82 Å². The second kappa shape index (κ2) is 5.30. The number of nitrogens with two attached hydrogens (primary N) is 1. The number of rotatable bonds is 3. The van der Waals surface area contributed by atoms with E-state index in [0.717, 1.165) is 56.7 Å². The summed E-state index contributed by atoms with van der Waals surface area (Å²) in [5.74, 6) is 0.426. The van der Waals surface area contributed by atoms with Gasteiger partial charge in [0.25, 0.3) is 5.91 Å². The SMILES string of the molecule is CNC1(C)CCN(c2nc3c(cc2C(N)=O)CCC3)CC1. The number of carbonyl (C=O) groups is 1. The maximum absolute atomic E-state index is 11.8. The summed E-state index contributed by atoms with van der Waals surface area (Å²) in [5, 5.41) is 3.39. The molecule has 1 saturated heterocycles. The minimum absolute atomic E-state index is 0.181. The Kier molecular flexibility index (Phi) is 3.61. The number of hydrogen-bond donors (Lipinski definition) is 2. The van der Waals surface area contributed by atoms with Crippen molar-refractivity contribution in [2.75, 3.05) is 25.0 Å². The number of amides is 1. The van der Waals surface area contributed by atoms with Crippen LogP contribution in [0.5, 0.6) is 0 Å². The Balaban J connectivity index is 1.90. The molecule has 114 valence electrons. The fourth-order valence-electron chi connectivity index (χ4n) is 3.35. The molecule has 5 heteroatoms. The van der Waals surface area contributed by atoms with Crippen LogP contribution in [0.15, 0.2) is 6.07 Å². The van der Waals surface area contributed by atoms with Gasteiger partial charge >= 0.3 is 0 Å². The van der Waals surface area contributed by atoms with E-state index >= 15 is 0 Å². The molecule has 0 spiro atoms. The van der Waals surface area contributed by atoms with E-state index < -0.39 is 0 Å². The first-order chi connectivity index (χ1) is 10.0. The quantitative estimate of drug-likeness (QED) is 0.878. The van der Waals surface area contributed by atoms with E-state index in [0.29, 0.717) is 5.56 Å². The van der Waals surface area contributed by atoms with Gasteiger partial charge in [0.2, 0.25) is 0 Å². The van der Waals surface area contributed by atoms with Gasteiger partial charge in [0.05, 0.1) is 5.56 Å². The van der Waals surface area contributed by atoms with Crippen LogP contribution in [0.1, 0.15) is 47.8 Å². The highest BCUT2D eigenvalue weighted by molar-refractivity contribution is 5.98. The standard InChI is InChI=1S/C16H24N4O/c1-16(18-2)6-8-20(9-7-16)15-12(14(17)21)10-11-4-3-5-13(11)19-15/h10,18H,3-9H2,1-2H3,(H2,17,21). The Bertz CT molecular complexity index is 562. The summed E-state index contributed by atoms with van der Waals surface area (Å²) in [6.07, 6.45) is 5.24. The van der Waals surface area contributed by atoms with Crippen LogP contribution >= 0.6 is 0 Å². The molecular weight excluding hydrogens is 264 g/mol. The van der Waals surface area contributed by atoms with E-state index in [-0.39, 0.29) is 11.4 Å². The zero-order valence-corrected chi connectivity index (χ0v) is 12.9. The van der Waals surface area contributed by atoms with Gasteiger partial charge in [0.1, 0.15) is 5.82 Å². The molecule has 2 aliphatic rings. The molecule has 0 bridgehead atoms. The zero-order chi connectivity index (χ0) is 15.0. The van der Waals surface area contributed by atoms with Crippen molar-refractivity contribution in [2.45, 2.75) is 44.6 Å². The summed E-state index contributed by atoms with van der Waals surface area (Å²) in [6, 6.07) is 1.97. The zero-order valence-electron chi connectivity index (χ0n) is 12.9. The number of hydrogen-bond acceptors (Lipinski definition) is 4. The van der Waals surface area contributed by atoms with Gasteiger partial charge in [-0.2, -0.15) is 0 Å². The molecule has 1 aliphatic heterocycles. The van der Waals surface area contributed by atoms with E-state index in [1.54, 1.807) is 0 Å². The number of aryl methyl sites for hydroxylation is 2. The van der Waals surface area contributed by atoms with Crippen molar-refractivity contribution in [1.82, 2.24) is 10.3 Å². The van der Waals surface area contributed by atoms with Gasteiger partial charge in [-0.05, 0) is 57.7 Å². The van der Waals surface area contributed by atoms with Crippen LogP contribution < -0.4 is 16.0 Å². The highest BCUT2D eigenvalue weighted by Gasteiger charge is 2.31. The summed E-state index contributed by atoms with van der Waals surface area (Å²) < 4.78 is 0. The lowest BCUT2D eigenvalue weighted by Crippen LogP contribution is -2.50. The van der Waals surface area contributed by atoms with E-state index in [2.05, 4.69) is 17.1 Å². The molecule has 0 unspecified atom stereocenters. The van der Waals surface area contributed by atoms with Crippen molar-refractivity contribution < 1.29 is 4.79 Å². The number of fused-ring (bicyclic) bond motifs is 1.